The van der Waals surface area contributed by atoms with Crippen molar-refractivity contribution >= 4 is 45.4 Å². The van der Waals surface area contributed by atoms with Crippen molar-refractivity contribution in [3.05, 3.63) is 168 Å². The molecule has 0 aliphatic heterocycles. The normalized spacial score (nSPS) is 12.6. The molecule has 0 fully saturated rings. The zero-order chi connectivity index (χ0) is 44.0. The third-order valence-corrected chi connectivity index (χ3v) is 9.07. The average Bonchev–Trinajstić information content (AvgIpc) is 3.23. The van der Waals surface area contributed by atoms with Crippen molar-refractivity contribution in [3.8, 4) is 0 Å². The maximum atomic E-state index is 11.0. The highest BCUT2D eigenvalue weighted by Gasteiger charge is 2.18. The molecule has 12 N–H and O–H groups in total. The Hall–Kier alpha value is -6.48. The first-order valence-corrected chi connectivity index (χ1v) is 19.3. The Balaban J connectivity index is 0.000000214. The van der Waals surface area contributed by atoms with Gasteiger partial charge >= 0.3 is 23.9 Å². The summed E-state index contributed by atoms with van der Waals surface area (Å²) in [5, 5.41) is 42.7. The number of carbonyl (C=O) groups is 4. The van der Waals surface area contributed by atoms with Crippen LogP contribution in [-0.4, -0.2) is 74.5 Å². The molecule has 0 saturated carbocycles. The molecule has 0 radical (unpaired) electrons. The number of benzene rings is 6. The average molecular weight is 818 g/mol. The molecule has 316 valence electrons. The largest absolute Gasteiger partial charge is 0.480 e. The summed E-state index contributed by atoms with van der Waals surface area (Å²) in [7, 11) is 0. The first-order valence-electron chi connectivity index (χ1n) is 19.3. The minimum absolute atomic E-state index is 0.176. The topological polar surface area (TPSA) is 251 Å². The molecule has 13 heteroatoms. The molecule has 0 amide bonds. The minimum Gasteiger partial charge on any atom is -0.480 e. The fraction of sp³-hybridized carbons (Fsp3) is 0.234. The summed E-state index contributed by atoms with van der Waals surface area (Å²) in [6.45, 7) is 3.89. The van der Waals surface area contributed by atoms with Gasteiger partial charge in [0.2, 0.25) is 0 Å². The van der Waals surface area contributed by atoms with Gasteiger partial charge in [-0.05, 0) is 69.5 Å². The first-order chi connectivity index (χ1) is 28.7. The number of carboxylic acids is 4. The Morgan fingerprint density at radius 2 is 0.800 bits per heavy atom. The van der Waals surface area contributed by atoms with Gasteiger partial charge in [0.05, 0.1) is 0 Å². The lowest BCUT2D eigenvalue weighted by Gasteiger charge is -2.17. The molecule has 6 aromatic carbocycles. The molecule has 0 saturated heterocycles. The van der Waals surface area contributed by atoms with Crippen molar-refractivity contribution in [2.24, 2.45) is 17.3 Å². The highest BCUT2D eigenvalue weighted by molar-refractivity contribution is 5.84. The fourth-order valence-corrected chi connectivity index (χ4v) is 5.95. The molecule has 0 heterocycles. The summed E-state index contributed by atoms with van der Waals surface area (Å²) < 4.78 is 0. The second-order valence-corrected chi connectivity index (χ2v) is 14.3. The van der Waals surface area contributed by atoms with Gasteiger partial charge in [0.15, 0.2) is 0 Å². The second-order valence-electron chi connectivity index (χ2n) is 14.3. The number of aliphatic carboxylic acids is 4. The zero-order valence-electron chi connectivity index (χ0n) is 33.7. The third kappa shape index (κ3) is 17.2. The van der Waals surface area contributed by atoms with E-state index in [4.69, 9.17) is 37.7 Å². The van der Waals surface area contributed by atoms with Crippen molar-refractivity contribution in [3.63, 3.8) is 0 Å². The van der Waals surface area contributed by atoms with E-state index in [1.807, 2.05) is 159 Å². The smallest absolute Gasteiger partial charge is 0.322 e. The van der Waals surface area contributed by atoms with Gasteiger partial charge in [-0.3, -0.25) is 25.0 Å². The summed E-state index contributed by atoms with van der Waals surface area (Å²) in [5.41, 5.74) is 17.1. The van der Waals surface area contributed by atoms with Crippen LogP contribution in [0.5, 0.6) is 0 Å². The van der Waals surface area contributed by atoms with E-state index in [-0.39, 0.29) is 6.04 Å². The van der Waals surface area contributed by atoms with E-state index in [1.165, 1.54) is 0 Å². The van der Waals surface area contributed by atoms with Gasteiger partial charge in [-0.15, -0.1) is 0 Å². The van der Waals surface area contributed by atoms with Crippen molar-refractivity contribution in [1.82, 2.24) is 10.7 Å². The molecule has 6 aromatic rings. The molecule has 4 atom stereocenters. The summed E-state index contributed by atoms with van der Waals surface area (Å²) in [6.07, 6.45) is 1.64. The number of hydrazine groups is 1. The van der Waals surface area contributed by atoms with Gasteiger partial charge in [0.25, 0.3) is 0 Å². The van der Waals surface area contributed by atoms with Crippen LogP contribution < -0.4 is 28.1 Å². The van der Waals surface area contributed by atoms with Crippen molar-refractivity contribution in [2.75, 3.05) is 0 Å². The van der Waals surface area contributed by atoms with Gasteiger partial charge in [-0.2, -0.15) is 0 Å². The van der Waals surface area contributed by atoms with E-state index in [9.17, 15) is 19.2 Å². The molecule has 0 spiro atoms. The van der Waals surface area contributed by atoms with E-state index in [2.05, 4.69) is 10.7 Å². The van der Waals surface area contributed by atoms with E-state index >= 15 is 0 Å². The molecular weight excluding hydrogens is 763 g/mol. The molecule has 0 aromatic heterocycles. The predicted molar refractivity (Wildman–Crippen MR) is 235 cm³/mol. The van der Waals surface area contributed by atoms with Gasteiger partial charge in [-0.25, -0.2) is 5.43 Å². The van der Waals surface area contributed by atoms with Gasteiger partial charge < -0.3 is 37.2 Å². The van der Waals surface area contributed by atoms with Crippen molar-refractivity contribution < 1.29 is 39.6 Å². The second kappa shape index (κ2) is 25.1. The van der Waals surface area contributed by atoms with Crippen LogP contribution in [0.15, 0.2) is 146 Å². The molecule has 60 heavy (non-hydrogen) atoms. The lowest BCUT2D eigenvalue weighted by atomic mass is 10.0. The molecular formula is C47H55N5O8. The van der Waals surface area contributed by atoms with E-state index in [0.29, 0.717) is 25.7 Å². The Kier molecular flexibility index (Phi) is 20.0. The van der Waals surface area contributed by atoms with Crippen LogP contribution >= 0.6 is 0 Å². The number of nitrogens with one attached hydrogen (secondary N) is 2. The van der Waals surface area contributed by atoms with Crippen LogP contribution in [0.25, 0.3) is 21.5 Å². The quantitative estimate of drug-likeness (QED) is 0.0465. The Labute approximate surface area is 349 Å². The van der Waals surface area contributed by atoms with E-state index in [1.54, 1.807) is 0 Å². The van der Waals surface area contributed by atoms with E-state index in [0.717, 1.165) is 43.8 Å². The highest BCUT2D eigenvalue weighted by atomic mass is 16.4. The van der Waals surface area contributed by atoms with Crippen LogP contribution in [0.2, 0.25) is 0 Å². The lowest BCUT2D eigenvalue weighted by Crippen LogP contribution is -2.42. The molecule has 13 nitrogen and oxygen atoms in total. The Bertz CT molecular complexity index is 2160. The van der Waals surface area contributed by atoms with Crippen LogP contribution in [0.1, 0.15) is 36.1 Å². The number of carboxylic acid groups (broad SMARTS) is 4. The minimum atomic E-state index is -0.965. The molecule has 0 unspecified atom stereocenters. The predicted octanol–water partition coefficient (Wildman–Crippen LogP) is 5.41. The standard InChI is InChI=1S/2C13H13NO2.C12H17NO2.C9H12N2O2/c2*14-12(13(15)16)8-9-5-6-10-3-1-2-4-11(10)7-9;1-9(2)13-11(12(14)15)8-10-6-4-3-5-7-10;10-11-8(9(12)13)6-7-4-2-1-3-5-7/h2*1-7,12H,8,14H2,(H,15,16);3-7,9,11,13H,8H2,1-2H3,(H,14,15);1-5,8,11H,6,10H2,(H,12,13)/t2*12-;11-;8-/m1000/s1. The van der Waals surface area contributed by atoms with Gasteiger partial charge in [0.1, 0.15) is 24.2 Å². The highest BCUT2D eigenvalue weighted by Crippen LogP contribution is 2.17. The Morgan fingerprint density at radius 1 is 0.450 bits per heavy atom. The monoisotopic (exact) mass is 817 g/mol. The van der Waals surface area contributed by atoms with Gasteiger partial charge in [0, 0.05) is 6.04 Å². The summed E-state index contributed by atoms with van der Waals surface area (Å²) in [5.74, 6) is 1.42. The summed E-state index contributed by atoms with van der Waals surface area (Å²) >= 11 is 0. The SMILES string of the molecule is CC(C)N[C@@H](Cc1ccccc1)C(=O)O.NN[C@@H](Cc1ccccc1)C(=O)O.N[C@@H](Cc1ccc2ccccc2c1)C(=O)O.N[C@H](Cc1ccc2ccccc2c1)C(=O)O. The van der Waals surface area contributed by atoms with Crippen molar-refractivity contribution in [2.45, 2.75) is 69.7 Å². The summed E-state index contributed by atoms with van der Waals surface area (Å²) in [4.78, 5) is 42.9. The van der Waals surface area contributed by atoms with Crippen molar-refractivity contribution in [1.29, 1.82) is 0 Å². The number of hydrogen-bond donors (Lipinski definition) is 9. The van der Waals surface area contributed by atoms with Gasteiger partial charge in [-0.1, -0.05) is 159 Å². The molecule has 6 rings (SSSR count). The maximum Gasteiger partial charge on any atom is 0.322 e. The zero-order valence-corrected chi connectivity index (χ0v) is 33.7. The fourth-order valence-electron chi connectivity index (χ4n) is 5.95. The summed E-state index contributed by atoms with van der Waals surface area (Å²) in [6, 6.07) is 44.0. The number of fused-ring (bicyclic) bond motifs is 2. The molecule has 0 bridgehead atoms. The van der Waals surface area contributed by atoms with E-state index < -0.39 is 48.0 Å². The molecule has 0 aliphatic carbocycles. The molecule has 0 aliphatic rings. The third-order valence-electron chi connectivity index (χ3n) is 9.07. The van der Waals surface area contributed by atoms with Crippen LogP contribution in [0.4, 0.5) is 0 Å². The number of hydrogen-bond acceptors (Lipinski definition) is 9. The number of nitrogens with two attached hydrogens (primary N) is 3. The maximum absolute atomic E-state index is 11.0. The number of rotatable bonds is 15. The van der Waals surface area contributed by atoms with Crippen LogP contribution in [-0.2, 0) is 44.9 Å². The lowest BCUT2D eigenvalue weighted by molar-refractivity contribution is -0.140. The van der Waals surface area contributed by atoms with Crippen LogP contribution in [0, 0.1) is 0 Å². The Morgan fingerprint density at radius 3 is 1.13 bits per heavy atom. The first kappa shape index (κ1) is 47.9. The van der Waals surface area contributed by atoms with Crippen LogP contribution in [0.3, 0.4) is 0 Å².